The highest BCUT2D eigenvalue weighted by atomic mass is 79.9. The van der Waals surface area contributed by atoms with Gasteiger partial charge < -0.3 is 19.4 Å². The summed E-state index contributed by atoms with van der Waals surface area (Å²) in [5.41, 5.74) is 1.17. The van der Waals surface area contributed by atoms with Crippen LogP contribution in [0.2, 0.25) is 0 Å². The second kappa shape index (κ2) is 8.80. The van der Waals surface area contributed by atoms with Crippen molar-refractivity contribution in [3.8, 4) is 11.5 Å². The van der Waals surface area contributed by atoms with E-state index in [0.717, 1.165) is 42.0 Å². The predicted octanol–water partition coefficient (Wildman–Crippen LogP) is 3.23. The van der Waals surface area contributed by atoms with Crippen molar-refractivity contribution in [2.24, 2.45) is 0 Å². The van der Waals surface area contributed by atoms with Crippen LogP contribution in [0.1, 0.15) is 18.9 Å². The molecule has 0 saturated carbocycles. The van der Waals surface area contributed by atoms with Gasteiger partial charge in [0.25, 0.3) is 0 Å². The number of ether oxygens (including phenoxy) is 2. The van der Waals surface area contributed by atoms with Gasteiger partial charge in [-0.15, -0.1) is 0 Å². The number of aryl methyl sites for hydroxylation is 1. The number of benzene rings is 1. The summed E-state index contributed by atoms with van der Waals surface area (Å²) >= 11 is 3.53. The summed E-state index contributed by atoms with van der Waals surface area (Å²) < 4.78 is 14.0. The van der Waals surface area contributed by atoms with E-state index in [-0.39, 0.29) is 0 Å². The molecule has 0 bridgehead atoms. The zero-order valence-electron chi connectivity index (χ0n) is 13.0. The summed E-state index contributed by atoms with van der Waals surface area (Å²) in [7, 11) is 1.65. The van der Waals surface area contributed by atoms with Crippen molar-refractivity contribution < 1.29 is 9.47 Å². The van der Waals surface area contributed by atoms with E-state index in [0.29, 0.717) is 6.61 Å². The molecule has 2 aromatic rings. The van der Waals surface area contributed by atoms with Crippen LogP contribution in [0, 0.1) is 0 Å². The van der Waals surface area contributed by atoms with Gasteiger partial charge >= 0.3 is 0 Å². The third kappa shape index (κ3) is 4.74. The molecule has 0 saturated heterocycles. The molecule has 0 fully saturated rings. The van der Waals surface area contributed by atoms with Gasteiger partial charge in [-0.05, 0) is 53.5 Å². The number of nitrogens with zero attached hydrogens (tertiary/aromatic N) is 2. The highest BCUT2D eigenvalue weighted by Gasteiger charge is 2.10. The summed E-state index contributed by atoms with van der Waals surface area (Å²) in [6.07, 6.45) is 6.69. The van der Waals surface area contributed by atoms with Crippen LogP contribution in [-0.2, 0) is 13.1 Å². The summed E-state index contributed by atoms with van der Waals surface area (Å²) in [5.74, 6) is 1.51. The number of halogens is 1. The van der Waals surface area contributed by atoms with Crippen molar-refractivity contribution in [1.29, 1.82) is 0 Å². The Labute approximate surface area is 139 Å². The monoisotopic (exact) mass is 367 g/mol. The molecule has 22 heavy (non-hydrogen) atoms. The molecule has 0 amide bonds. The van der Waals surface area contributed by atoms with Crippen molar-refractivity contribution in [3.05, 3.63) is 40.9 Å². The first-order valence-corrected chi connectivity index (χ1v) is 8.19. The lowest BCUT2D eigenvalue weighted by Crippen LogP contribution is -2.16. The van der Waals surface area contributed by atoms with Crippen LogP contribution in [0.5, 0.6) is 11.5 Å². The molecule has 0 aliphatic rings. The van der Waals surface area contributed by atoms with Crippen molar-refractivity contribution in [3.63, 3.8) is 0 Å². The zero-order valence-corrected chi connectivity index (χ0v) is 14.6. The number of hydrogen-bond acceptors (Lipinski definition) is 4. The Kier molecular flexibility index (Phi) is 6.74. The Morgan fingerprint density at radius 3 is 2.91 bits per heavy atom. The van der Waals surface area contributed by atoms with E-state index in [9.17, 15) is 0 Å². The Morgan fingerprint density at radius 1 is 1.36 bits per heavy atom. The van der Waals surface area contributed by atoms with Gasteiger partial charge in [-0.25, -0.2) is 4.98 Å². The maximum atomic E-state index is 5.63. The Balaban J connectivity index is 1.84. The van der Waals surface area contributed by atoms with Crippen molar-refractivity contribution in [1.82, 2.24) is 14.9 Å². The number of hydrogen-bond donors (Lipinski definition) is 1. The fourth-order valence-electron chi connectivity index (χ4n) is 2.22. The molecule has 0 atom stereocenters. The van der Waals surface area contributed by atoms with Gasteiger partial charge in [0.05, 0.1) is 24.5 Å². The molecule has 1 heterocycles. The molecular weight excluding hydrogens is 346 g/mol. The summed E-state index contributed by atoms with van der Waals surface area (Å²) in [4.78, 5) is 4.03. The highest BCUT2D eigenvalue weighted by molar-refractivity contribution is 9.10. The number of nitrogens with one attached hydrogen (secondary N) is 1. The van der Waals surface area contributed by atoms with Crippen LogP contribution in [0.4, 0.5) is 0 Å². The lowest BCUT2D eigenvalue weighted by atomic mass is 10.2. The molecule has 0 spiro atoms. The van der Waals surface area contributed by atoms with Crippen LogP contribution in [0.3, 0.4) is 0 Å². The van der Waals surface area contributed by atoms with E-state index >= 15 is 0 Å². The minimum atomic E-state index is 0.616. The minimum absolute atomic E-state index is 0.616. The van der Waals surface area contributed by atoms with Gasteiger partial charge in [0.1, 0.15) is 0 Å². The Bertz CT molecular complexity index is 573. The molecule has 1 N–H and O–H groups in total. The van der Waals surface area contributed by atoms with Gasteiger partial charge in [-0.3, -0.25) is 0 Å². The second-order valence-corrected chi connectivity index (χ2v) is 5.73. The van der Waals surface area contributed by atoms with E-state index in [1.165, 1.54) is 5.56 Å². The van der Waals surface area contributed by atoms with Crippen LogP contribution in [0.15, 0.2) is 35.3 Å². The van der Waals surface area contributed by atoms with Crippen molar-refractivity contribution in [2.45, 2.75) is 26.4 Å². The number of rotatable bonds is 9. The van der Waals surface area contributed by atoms with E-state index in [2.05, 4.69) is 36.9 Å². The molecule has 2 rings (SSSR count). The molecule has 6 heteroatoms. The molecule has 0 radical (unpaired) electrons. The average molecular weight is 368 g/mol. The normalized spacial score (nSPS) is 10.7. The van der Waals surface area contributed by atoms with Crippen LogP contribution in [0.25, 0.3) is 0 Å². The Hall–Kier alpha value is -1.53. The van der Waals surface area contributed by atoms with Gasteiger partial charge in [0.15, 0.2) is 11.5 Å². The van der Waals surface area contributed by atoms with E-state index in [1.54, 1.807) is 13.3 Å². The molecule has 0 unspecified atom stereocenters. The average Bonchev–Trinajstić information content (AvgIpc) is 3.00. The van der Waals surface area contributed by atoms with Gasteiger partial charge in [0, 0.05) is 25.5 Å². The fourth-order valence-corrected chi connectivity index (χ4v) is 2.87. The standard InChI is InChI=1S/C16H22BrN3O2/c1-3-22-15-10-13(9-14(17)16(15)21-2)11-18-5-4-7-20-8-6-19-12-20/h6,8-10,12,18H,3-5,7,11H2,1-2H3. The summed E-state index contributed by atoms with van der Waals surface area (Å²) in [5, 5.41) is 3.45. The molecular formula is C16H22BrN3O2. The third-order valence-corrected chi connectivity index (χ3v) is 3.82. The maximum absolute atomic E-state index is 5.63. The lowest BCUT2D eigenvalue weighted by molar-refractivity contribution is 0.309. The first-order chi connectivity index (χ1) is 10.7. The molecule has 5 nitrogen and oxygen atoms in total. The molecule has 0 aliphatic heterocycles. The quantitative estimate of drug-likeness (QED) is 0.691. The lowest BCUT2D eigenvalue weighted by Gasteiger charge is -2.13. The zero-order chi connectivity index (χ0) is 15.8. The smallest absolute Gasteiger partial charge is 0.174 e. The van der Waals surface area contributed by atoms with Gasteiger partial charge in [-0.1, -0.05) is 0 Å². The molecule has 0 aliphatic carbocycles. The fraction of sp³-hybridized carbons (Fsp3) is 0.438. The third-order valence-electron chi connectivity index (χ3n) is 3.23. The van der Waals surface area contributed by atoms with Crippen molar-refractivity contribution >= 4 is 15.9 Å². The van der Waals surface area contributed by atoms with Crippen LogP contribution < -0.4 is 14.8 Å². The second-order valence-electron chi connectivity index (χ2n) is 4.87. The van der Waals surface area contributed by atoms with Crippen LogP contribution in [-0.4, -0.2) is 29.8 Å². The van der Waals surface area contributed by atoms with E-state index < -0.39 is 0 Å². The first kappa shape index (κ1) is 16.8. The van der Waals surface area contributed by atoms with E-state index in [4.69, 9.17) is 9.47 Å². The predicted molar refractivity (Wildman–Crippen MR) is 90.4 cm³/mol. The maximum Gasteiger partial charge on any atom is 0.174 e. The number of imidazole rings is 1. The van der Waals surface area contributed by atoms with Gasteiger partial charge in [-0.2, -0.15) is 0 Å². The first-order valence-electron chi connectivity index (χ1n) is 7.40. The Morgan fingerprint density at radius 2 is 2.23 bits per heavy atom. The van der Waals surface area contributed by atoms with E-state index in [1.807, 2.05) is 25.5 Å². The molecule has 1 aromatic carbocycles. The SMILES string of the molecule is CCOc1cc(CNCCCn2ccnc2)cc(Br)c1OC. The van der Waals surface area contributed by atoms with Crippen molar-refractivity contribution in [2.75, 3.05) is 20.3 Å². The van der Waals surface area contributed by atoms with Crippen LogP contribution >= 0.6 is 15.9 Å². The number of aromatic nitrogens is 2. The topological polar surface area (TPSA) is 48.3 Å². The minimum Gasteiger partial charge on any atom is -0.492 e. The summed E-state index contributed by atoms with van der Waals surface area (Å²) in [6.45, 7) is 5.31. The summed E-state index contributed by atoms with van der Waals surface area (Å²) in [6, 6.07) is 4.08. The molecule has 1 aromatic heterocycles. The molecule has 120 valence electrons. The largest absolute Gasteiger partial charge is 0.492 e. The highest BCUT2D eigenvalue weighted by Crippen LogP contribution is 2.36. The number of methoxy groups -OCH3 is 1. The van der Waals surface area contributed by atoms with Gasteiger partial charge in [0.2, 0.25) is 0 Å².